The van der Waals surface area contributed by atoms with E-state index in [0.717, 1.165) is 10.0 Å². The molecule has 0 aliphatic rings. The van der Waals surface area contributed by atoms with Crippen LogP contribution in [-0.4, -0.2) is 31.3 Å². The minimum atomic E-state index is -1.07. The highest BCUT2D eigenvalue weighted by Gasteiger charge is 2.39. The molecule has 0 aliphatic carbocycles. The molecule has 0 heterocycles. The number of rotatable bonds is 7. The van der Waals surface area contributed by atoms with Gasteiger partial charge in [-0.05, 0) is 43.9 Å². The number of carbonyl (C=O) groups is 2. The van der Waals surface area contributed by atoms with Crippen molar-refractivity contribution >= 4 is 28.0 Å². The van der Waals surface area contributed by atoms with E-state index in [2.05, 4.69) is 26.0 Å². The second-order valence-corrected chi connectivity index (χ2v) is 5.81. The Morgan fingerprint density at radius 3 is 2.36 bits per heavy atom. The molecule has 1 aromatic rings. The van der Waals surface area contributed by atoms with Crippen LogP contribution in [0.25, 0.3) is 0 Å². The van der Waals surface area contributed by atoms with Gasteiger partial charge in [-0.15, -0.1) is 0 Å². The molecule has 0 aliphatic heterocycles. The average molecular weight is 372 g/mol. The molecular weight excluding hydrogens is 350 g/mol. The lowest BCUT2D eigenvalue weighted by Gasteiger charge is -2.30. The summed E-state index contributed by atoms with van der Waals surface area (Å²) in [5.41, 5.74) is 0.00731. The van der Waals surface area contributed by atoms with Crippen molar-refractivity contribution in [2.45, 2.75) is 38.6 Å². The summed E-state index contributed by atoms with van der Waals surface area (Å²) in [6, 6.07) is 7.85. The van der Waals surface area contributed by atoms with Gasteiger partial charge in [0.05, 0.1) is 13.7 Å². The number of ether oxygens (including phenoxy) is 2. The fraction of sp³-hybridized carbons (Fsp3) is 0.500. The van der Waals surface area contributed by atoms with Crippen LogP contribution in [0, 0.1) is 0 Å². The molecule has 1 unspecified atom stereocenters. The lowest BCUT2D eigenvalue weighted by molar-refractivity contribution is -0.151. The number of halogens is 1. The van der Waals surface area contributed by atoms with Crippen LogP contribution in [0.1, 0.15) is 32.3 Å². The smallest absolute Gasteiger partial charge is 0.407 e. The second-order valence-electron chi connectivity index (χ2n) is 4.90. The van der Waals surface area contributed by atoms with Crippen LogP contribution in [0.3, 0.4) is 0 Å². The molecule has 6 heteroatoms. The number of nitrogens with one attached hydrogen (secondary N) is 1. The van der Waals surface area contributed by atoms with Crippen molar-refractivity contribution in [1.82, 2.24) is 5.32 Å². The summed E-state index contributed by atoms with van der Waals surface area (Å²) >= 11 is 3.39. The quantitative estimate of drug-likeness (QED) is 0.745. The van der Waals surface area contributed by atoms with Gasteiger partial charge in [-0.3, -0.25) is 0 Å². The molecule has 0 saturated heterocycles. The van der Waals surface area contributed by atoms with Gasteiger partial charge in [0.15, 0.2) is 0 Å². The van der Waals surface area contributed by atoms with Crippen LogP contribution >= 0.6 is 15.9 Å². The molecule has 0 fully saturated rings. The maximum absolute atomic E-state index is 12.3. The highest BCUT2D eigenvalue weighted by Crippen LogP contribution is 2.22. The Balaban J connectivity index is 2.90. The molecule has 22 heavy (non-hydrogen) atoms. The maximum atomic E-state index is 12.3. The number of methoxy groups -OCH3 is 1. The van der Waals surface area contributed by atoms with E-state index in [1.54, 1.807) is 6.92 Å². The highest BCUT2D eigenvalue weighted by atomic mass is 79.9. The maximum Gasteiger partial charge on any atom is 0.407 e. The Bertz CT molecular complexity index is 503. The monoisotopic (exact) mass is 371 g/mol. The number of benzene rings is 1. The summed E-state index contributed by atoms with van der Waals surface area (Å²) < 4.78 is 10.8. The third-order valence-corrected chi connectivity index (χ3v) is 4.08. The minimum absolute atomic E-state index is 0.266. The number of carbonyl (C=O) groups excluding carboxylic acids is 2. The number of amides is 1. The molecule has 0 aromatic heterocycles. The van der Waals surface area contributed by atoms with Gasteiger partial charge < -0.3 is 14.8 Å². The second kappa shape index (κ2) is 8.78. The van der Waals surface area contributed by atoms with Crippen LogP contribution in [0.15, 0.2) is 28.7 Å². The molecule has 1 rings (SSSR count). The Labute approximate surface area is 139 Å². The zero-order valence-corrected chi connectivity index (χ0v) is 14.7. The van der Waals surface area contributed by atoms with Crippen LogP contribution in [0.4, 0.5) is 4.79 Å². The van der Waals surface area contributed by atoms with Crippen LogP contribution in [0.2, 0.25) is 0 Å². The van der Waals surface area contributed by atoms with Gasteiger partial charge in [-0.25, -0.2) is 9.59 Å². The van der Waals surface area contributed by atoms with Gasteiger partial charge in [0.1, 0.15) is 5.54 Å². The van der Waals surface area contributed by atoms with Crippen molar-refractivity contribution in [3.8, 4) is 0 Å². The normalized spacial score (nSPS) is 13.1. The third-order valence-electron chi connectivity index (χ3n) is 3.55. The van der Waals surface area contributed by atoms with Crippen molar-refractivity contribution in [2.24, 2.45) is 0 Å². The van der Waals surface area contributed by atoms with Crippen LogP contribution in [0.5, 0.6) is 0 Å². The molecule has 1 amide bonds. The number of esters is 1. The Morgan fingerprint density at radius 2 is 1.86 bits per heavy atom. The molecule has 0 bridgehead atoms. The molecule has 0 radical (unpaired) electrons. The number of alkyl carbamates (subject to hydrolysis) is 1. The van der Waals surface area contributed by atoms with Crippen molar-refractivity contribution in [3.63, 3.8) is 0 Å². The van der Waals surface area contributed by atoms with Gasteiger partial charge in [0.2, 0.25) is 0 Å². The first-order valence-electron chi connectivity index (χ1n) is 7.25. The van der Waals surface area contributed by atoms with Crippen molar-refractivity contribution in [2.75, 3.05) is 13.7 Å². The molecule has 1 N–H and O–H groups in total. The van der Waals surface area contributed by atoms with Gasteiger partial charge in [0, 0.05) is 4.47 Å². The molecule has 5 nitrogen and oxygen atoms in total. The Hall–Kier alpha value is -1.56. The largest absolute Gasteiger partial charge is 0.464 e. The zero-order chi connectivity index (χ0) is 16.6. The standard InChI is InChI=1S/C16H22BrNO4/c1-4-16(14(19)22-5-2,18-15(20)21-3)11-10-12-6-8-13(17)9-7-12/h6-9H,4-5,10-11H2,1-3H3,(H,18,20). The van der Waals surface area contributed by atoms with Gasteiger partial charge in [-0.1, -0.05) is 35.0 Å². The first-order chi connectivity index (χ1) is 10.5. The number of hydrogen-bond acceptors (Lipinski definition) is 4. The van der Waals surface area contributed by atoms with Gasteiger partial charge in [0.25, 0.3) is 0 Å². The van der Waals surface area contributed by atoms with E-state index in [1.165, 1.54) is 7.11 Å². The van der Waals surface area contributed by atoms with Gasteiger partial charge >= 0.3 is 12.1 Å². The van der Waals surface area contributed by atoms with Crippen molar-refractivity contribution in [1.29, 1.82) is 0 Å². The number of hydrogen-bond donors (Lipinski definition) is 1. The SMILES string of the molecule is CCOC(=O)C(CC)(CCc1ccc(Br)cc1)NC(=O)OC. The predicted molar refractivity (Wildman–Crippen MR) is 87.7 cm³/mol. The summed E-state index contributed by atoms with van der Waals surface area (Å²) in [6.45, 7) is 3.85. The summed E-state index contributed by atoms with van der Waals surface area (Å²) in [4.78, 5) is 23.9. The summed E-state index contributed by atoms with van der Waals surface area (Å²) in [5.74, 6) is -0.431. The van der Waals surface area contributed by atoms with Gasteiger partial charge in [-0.2, -0.15) is 0 Å². The first-order valence-corrected chi connectivity index (χ1v) is 8.04. The highest BCUT2D eigenvalue weighted by molar-refractivity contribution is 9.10. The molecule has 1 aromatic carbocycles. The third kappa shape index (κ3) is 5.02. The number of aryl methyl sites for hydroxylation is 1. The Morgan fingerprint density at radius 1 is 1.23 bits per heavy atom. The van der Waals surface area contributed by atoms with E-state index >= 15 is 0 Å². The van der Waals surface area contributed by atoms with E-state index in [4.69, 9.17) is 4.74 Å². The van der Waals surface area contributed by atoms with E-state index in [-0.39, 0.29) is 6.61 Å². The fourth-order valence-electron chi connectivity index (χ4n) is 2.15. The van der Waals surface area contributed by atoms with E-state index in [1.807, 2.05) is 31.2 Å². The molecule has 0 saturated carbocycles. The minimum Gasteiger partial charge on any atom is -0.464 e. The predicted octanol–water partition coefficient (Wildman–Crippen LogP) is 3.45. The molecule has 122 valence electrons. The Kier molecular flexibility index (Phi) is 7.38. The zero-order valence-electron chi connectivity index (χ0n) is 13.1. The van der Waals surface area contributed by atoms with Crippen molar-refractivity contribution in [3.05, 3.63) is 34.3 Å². The van der Waals surface area contributed by atoms with E-state index < -0.39 is 17.6 Å². The van der Waals surface area contributed by atoms with Crippen molar-refractivity contribution < 1.29 is 19.1 Å². The van der Waals surface area contributed by atoms with Crippen LogP contribution in [-0.2, 0) is 20.7 Å². The lowest BCUT2D eigenvalue weighted by atomic mass is 9.88. The molecular formula is C16H22BrNO4. The van der Waals surface area contributed by atoms with E-state index in [9.17, 15) is 9.59 Å². The first kappa shape index (κ1) is 18.5. The average Bonchev–Trinajstić information content (AvgIpc) is 2.53. The lowest BCUT2D eigenvalue weighted by Crippen LogP contribution is -2.55. The fourth-order valence-corrected chi connectivity index (χ4v) is 2.41. The summed E-state index contributed by atoms with van der Waals surface area (Å²) in [6.07, 6.45) is 0.881. The molecule has 0 spiro atoms. The topological polar surface area (TPSA) is 64.6 Å². The van der Waals surface area contributed by atoms with E-state index in [0.29, 0.717) is 19.3 Å². The molecule has 1 atom stereocenters. The van der Waals surface area contributed by atoms with Crippen LogP contribution < -0.4 is 5.32 Å². The summed E-state index contributed by atoms with van der Waals surface area (Å²) in [7, 11) is 1.27. The summed E-state index contributed by atoms with van der Waals surface area (Å²) in [5, 5.41) is 2.65.